The minimum Gasteiger partial charge on any atom is -0.464 e. The number of fused-ring (bicyclic) bond motifs is 15. The summed E-state index contributed by atoms with van der Waals surface area (Å²) in [5, 5.41) is 9.46. The summed E-state index contributed by atoms with van der Waals surface area (Å²) < 4.78 is 63.5. The van der Waals surface area contributed by atoms with Crippen molar-refractivity contribution in [2.24, 2.45) is 0 Å². The highest BCUT2D eigenvalue weighted by atomic mass is 32.1. The molecule has 140 heavy (non-hydrogen) atoms. The maximum absolute atomic E-state index is 13.3. The molecule has 0 radical (unpaired) electrons. The average molecular weight is 1870 g/mol. The predicted octanol–water partition coefficient (Wildman–Crippen LogP) is 27.7. The number of ketones is 5. The highest BCUT2D eigenvalue weighted by Gasteiger charge is 2.38. The molecule has 23 aromatic rings. The van der Waals surface area contributed by atoms with E-state index in [9.17, 15) is 47.9 Å². The van der Waals surface area contributed by atoms with Crippen molar-refractivity contribution in [2.75, 3.05) is 0 Å². The number of benzene rings is 11. The van der Waals surface area contributed by atoms with Crippen molar-refractivity contribution in [1.29, 1.82) is 0 Å². The maximum Gasteiger partial charge on any atom is 0.336 e. The largest absolute Gasteiger partial charge is 0.464 e. The third-order valence-electron chi connectivity index (χ3n) is 25.4. The first-order valence-corrected chi connectivity index (χ1v) is 46.3. The minimum absolute atomic E-state index is 0.128. The normalized spacial score (nSPS) is 12.5. The standard InChI is InChI=1S/C27H18O4.C23H14O5.C23H14O4S.C23H18O4.C22H16O4/c1-17-16-23(28)31-26-20(17)14-15-22-24(26)21(13-12-18-8-4-2-5-9-18)27(30-22)25(29)19-10-6-3-7-11-19;1-13-12-18(24)28-22-15(13)9-10-17-20(22)19(16-8-5-11-26-16)23(27-17)21(25)14-6-3-2-4-7-14;1-13-12-18(24)27-22-15(13)9-10-16-19(22)20(17-8-5-11-28-17)23(26-16)21(25)14-6-3-2-4-7-14;1-13-12-18(24)27-22-16(13)10-11-17-20(22)19(14-8-5-9-14)23(26-17)21(25)15-6-3-2-4-7-15;1-12-11-17(23)26-21-15(12)9-10-16-19(21)18(13-7-8-13)22(25-16)20(24)14-5-3-2-4-6-14/h2-16H,1H3;2*2-12H,1H3;2-4,6-7,10-12,14H,5,8-9H2,1H3;2-6,9-11,13H,7-8H2,1H3/b13-12+;;;;. The van der Waals surface area contributed by atoms with E-state index >= 15 is 0 Å². The van der Waals surface area contributed by atoms with Crippen molar-refractivity contribution in [3.63, 3.8) is 0 Å². The van der Waals surface area contributed by atoms with E-state index in [0.29, 0.717) is 134 Å². The van der Waals surface area contributed by atoms with Gasteiger partial charge in [0.2, 0.25) is 28.9 Å². The Bertz CT molecular complexity index is 9010. The fourth-order valence-corrected chi connectivity index (χ4v) is 19.1. The first-order valence-electron chi connectivity index (χ1n) is 45.4. The summed E-state index contributed by atoms with van der Waals surface area (Å²) >= 11 is 1.51. The van der Waals surface area contributed by atoms with Crippen molar-refractivity contribution >= 4 is 162 Å². The summed E-state index contributed by atoms with van der Waals surface area (Å²) in [7, 11) is 0. The molecule has 2 saturated carbocycles. The van der Waals surface area contributed by atoms with Crippen LogP contribution in [0.25, 0.3) is 144 Å². The molecule has 21 nitrogen and oxygen atoms in total. The maximum atomic E-state index is 13.3. The number of thiophene rings is 1. The lowest BCUT2D eigenvalue weighted by Crippen LogP contribution is -2.13. The SMILES string of the molecule is Cc1cc(=O)oc2c1ccc1oc(C(=O)c3ccccc3)c(-c3ccco3)c12.Cc1cc(=O)oc2c1ccc1oc(C(=O)c3ccccc3)c(-c3cccs3)c12.Cc1cc(=O)oc2c1ccc1oc(C(=O)c3ccccc3)c(/C=C/c3ccccc3)c12.Cc1cc(=O)oc2c1ccc1oc(C(=O)c3ccccc3)c(C3CC3)c12.Cc1cc(=O)oc2c1ccc1oc(C(=O)c3ccccc3)c(C3CCC3)c12. The van der Waals surface area contributed by atoms with Crippen molar-refractivity contribution < 1.29 is 72.6 Å². The molecule has 2 aliphatic carbocycles. The van der Waals surface area contributed by atoms with Gasteiger partial charge in [0.25, 0.3) is 0 Å². The van der Waals surface area contributed by atoms with Gasteiger partial charge in [-0.05, 0) is 196 Å². The molecular formula is C118H80O21S. The molecule has 25 rings (SSSR count). The Hall–Kier alpha value is -17.8. The lowest BCUT2D eigenvalue weighted by atomic mass is 9.78. The molecule has 12 heterocycles. The van der Waals surface area contributed by atoms with Crippen molar-refractivity contribution in [1.82, 2.24) is 0 Å². The van der Waals surface area contributed by atoms with E-state index in [0.717, 1.165) is 119 Å². The van der Waals surface area contributed by atoms with Crippen LogP contribution in [0, 0.1) is 34.6 Å². The zero-order chi connectivity index (χ0) is 96.3. The molecule has 0 atom stereocenters. The Labute approximate surface area is 797 Å². The Kier molecular flexibility index (Phi) is 23.6. The summed E-state index contributed by atoms with van der Waals surface area (Å²) in [5.74, 6) is 1.38. The van der Waals surface area contributed by atoms with Gasteiger partial charge in [-0.25, -0.2) is 24.0 Å². The van der Waals surface area contributed by atoms with Crippen LogP contribution in [0.15, 0.2) is 381 Å². The number of furan rings is 6. The first kappa shape index (κ1) is 88.8. The molecular weight excluding hydrogens is 1790 g/mol. The van der Waals surface area contributed by atoms with Gasteiger partial charge in [0.1, 0.15) is 56.0 Å². The third kappa shape index (κ3) is 16.8. The van der Waals surface area contributed by atoms with E-state index in [-0.39, 0.29) is 69.3 Å². The average Bonchev–Trinajstić information content (AvgIpc) is 1.64. The molecule has 11 aromatic carbocycles. The molecule has 0 bridgehead atoms. The smallest absolute Gasteiger partial charge is 0.336 e. The van der Waals surface area contributed by atoms with Gasteiger partial charge in [-0.1, -0.05) is 201 Å². The van der Waals surface area contributed by atoms with Gasteiger partial charge >= 0.3 is 28.1 Å². The van der Waals surface area contributed by atoms with Crippen LogP contribution in [0.3, 0.4) is 0 Å². The highest BCUT2D eigenvalue weighted by molar-refractivity contribution is 7.13. The summed E-state index contributed by atoms with van der Waals surface area (Å²) in [4.78, 5) is 127. The summed E-state index contributed by atoms with van der Waals surface area (Å²) in [6, 6.07) is 88.1. The second kappa shape index (κ2) is 37.1. The molecule has 12 aromatic heterocycles. The van der Waals surface area contributed by atoms with Gasteiger partial charge in [-0.3, -0.25) is 24.0 Å². The molecule has 22 heteroatoms. The number of carbonyl (C=O) groups is 5. The number of hydrogen-bond donors (Lipinski definition) is 0. The van der Waals surface area contributed by atoms with Crippen LogP contribution >= 0.6 is 11.3 Å². The minimum atomic E-state index is -0.458. The van der Waals surface area contributed by atoms with Gasteiger partial charge < -0.3 is 48.6 Å². The molecule has 0 N–H and O–H groups in total. The molecule has 0 spiro atoms. The van der Waals surface area contributed by atoms with Crippen LogP contribution in [0.5, 0.6) is 0 Å². The van der Waals surface area contributed by atoms with E-state index in [1.165, 1.54) is 47.9 Å². The van der Waals surface area contributed by atoms with Gasteiger partial charge in [0.15, 0.2) is 34.4 Å². The highest BCUT2D eigenvalue weighted by Crippen LogP contribution is 2.51. The number of rotatable bonds is 16. The quantitative estimate of drug-likeness (QED) is 0.0641. The predicted molar refractivity (Wildman–Crippen MR) is 539 cm³/mol. The Morgan fingerprint density at radius 3 is 0.936 bits per heavy atom. The zero-order valence-electron chi connectivity index (χ0n) is 75.8. The molecule has 0 aliphatic heterocycles. The molecule has 0 saturated heterocycles. The van der Waals surface area contributed by atoms with E-state index in [2.05, 4.69) is 0 Å². The van der Waals surface area contributed by atoms with E-state index in [4.69, 9.17) is 48.6 Å². The van der Waals surface area contributed by atoms with Crippen molar-refractivity contribution in [2.45, 2.75) is 78.6 Å². The van der Waals surface area contributed by atoms with Gasteiger partial charge in [0.05, 0.1) is 44.3 Å². The van der Waals surface area contributed by atoms with Gasteiger partial charge in [-0.2, -0.15) is 0 Å². The Morgan fingerprint density at radius 1 is 0.286 bits per heavy atom. The van der Waals surface area contributed by atoms with E-state index in [1.807, 2.05) is 228 Å². The molecule has 684 valence electrons. The van der Waals surface area contributed by atoms with Crippen LogP contribution < -0.4 is 28.1 Å². The van der Waals surface area contributed by atoms with Gasteiger partial charge in [0, 0.05) is 107 Å². The number of aryl methyl sites for hydroxylation is 5. The topological polar surface area (TPSA) is 315 Å². The molecule has 0 amide bonds. The molecule has 2 aliphatic rings. The van der Waals surface area contributed by atoms with E-state index < -0.39 is 16.9 Å². The van der Waals surface area contributed by atoms with E-state index in [1.54, 1.807) is 91.0 Å². The molecule has 0 unspecified atom stereocenters. The lowest BCUT2D eigenvalue weighted by Gasteiger charge is -2.25. The number of hydrogen-bond acceptors (Lipinski definition) is 22. The first-order chi connectivity index (χ1) is 68.1. The summed E-state index contributed by atoms with van der Waals surface area (Å²) in [6.45, 7) is 9.35. The fraction of sp³-hybridized carbons (Fsp3) is 0.102. The Morgan fingerprint density at radius 2 is 0.593 bits per heavy atom. The van der Waals surface area contributed by atoms with Gasteiger partial charge in [-0.15, -0.1) is 11.3 Å². The van der Waals surface area contributed by atoms with Crippen LogP contribution in [0.4, 0.5) is 0 Å². The van der Waals surface area contributed by atoms with Crippen molar-refractivity contribution in [3.05, 3.63) is 468 Å². The second-order valence-corrected chi connectivity index (χ2v) is 35.5. The summed E-state index contributed by atoms with van der Waals surface area (Å²) in [6.07, 6.45) is 10.5. The second-order valence-electron chi connectivity index (χ2n) is 34.5. The number of carbonyl (C=O) groups excluding carboxylic acids is 5. The summed E-state index contributed by atoms with van der Waals surface area (Å²) in [5.41, 5.74) is 14.2. The van der Waals surface area contributed by atoms with Crippen LogP contribution in [0.2, 0.25) is 0 Å². The Balaban J connectivity index is 0.000000104. The zero-order valence-corrected chi connectivity index (χ0v) is 76.6. The lowest BCUT2D eigenvalue weighted by molar-refractivity contribution is 0.100. The molecule has 2 fully saturated rings. The van der Waals surface area contributed by atoms with Crippen LogP contribution in [-0.4, -0.2) is 28.9 Å². The van der Waals surface area contributed by atoms with Crippen LogP contribution in [-0.2, 0) is 0 Å². The van der Waals surface area contributed by atoms with Crippen LogP contribution in [0.1, 0.15) is 175 Å². The third-order valence-corrected chi connectivity index (χ3v) is 26.3. The fourth-order valence-electron chi connectivity index (χ4n) is 18.4. The monoisotopic (exact) mass is 1860 g/mol. The van der Waals surface area contributed by atoms with Crippen molar-refractivity contribution in [3.8, 4) is 21.8 Å².